The van der Waals surface area contributed by atoms with Crippen LogP contribution in [-0.4, -0.2) is 31.3 Å². The van der Waals surface area contributed by atoms with Gasteiger partial charge in [0.25, 0.3) is 0 Å². The number of sulfonamides is 1. The van der Waals surface area contributed by atoms with Crippen molar-refractivity contribution in [2.24, 2.45) is 0 Å². The molecule has 1 aliphatic rings. The highest BCUT2D eigenvalue weighted by molar-refractivity contribution is 7.88. The molecule has 6 heteroatoms. The zero-order chi connectivity index (χ0) is 20.0. The molecule has 0 spiro atoms. The van der Waals surface area contributed by atoms with E-state index in [9.17, 15) is 13.2 Å². The zero-order valence-corrected chi connectivity index (χ0v) is 17.0. The summed E-state index contributed by atoms with van der Waals surface area (Å²) in [6.07, 6.45) is 14.3. The molecule has 2 N–H and O–H groups in total. The van der Waals surface area contributed by atoms with E-state index in [4.69, 9.17) is 5.11 Å². The Kier molecular flexibility index (Phi) is 7.78. The lowest BCUT2D eigenvalue weighted by atomic mass is 9.78. The topological polar surface area (TPSA) is 83.5 Å². The second kappa shape index (κ2) is 9.14. The van der Waals surface area contributed by atoms with Crippen molar-refractivity contribution in [3.8, 4) is 0 Å². The largest absolute Gasteiger partial charge is 0.478 e. The average Bonchev–Trinajstić information content (AvgIpc) is 2.43. The van der Waals surface area contributed by atoms with E-state index in [0.717, 1.165) is 36.5 Å². The van der Waals surface area contributed by atoms with Crippen LogP contribution in [0.15, 0.2) is 58.7 Å². The Hall–Kier alpha value is -1.92. The molecule has 26 heavy (non-hydrogen) atoms. The minimum atomic E-state index is -3.31. The highest BCUT2D eigenvalue weighted by Gasteiger charge is 2.34. The lowest BCUT2D eigenvalue weighted by molar-refractivity contribution is -0.131. The van der Waals surface area contributed by atoms with Gasteiger partial charge in [-0.3, -0.25) is 0 Å². The molecule has 0 amide bonds. The first kappa shape index (κ1) is 22.1. The van der Waals surface area contributed by atoms with Crippen LogP contribution in [0.2, 0.25) is 0 Å². The van der Waals surface area contributed by atoms with Gasteiger partial charge in [-0.05, 0) is 58.1 Å². The lowest BCUT2D eigenvalue weighted by Crippen LogP contribution is -2.48. The summed E-state index contributed by atoms with van der Waals surface area (Å²) in [7, 11) is -3.31. The number of carboxylic acid groups (broad SMARTS) is 1. The summed E-state index contributed by atoms with van der Waals surface area (Å²) in [5, 5.41) is 8.68. The summed E-state index contributed by atoms with van der Waals surface area (Å²) in [6, 6.07) is 0. The van der Waals surface area contributed by atoms with Gasteiger partial charge in [-0.15, -0.1) is 0 Å². The minimum absolute atomic E-state index is 0.594. The SMILES string of the molecule is CC1=C(/C=C/C(C)=C/C=C/C(C)=C/C(=O)O)[C@@](C)(NS(C)(=O)=O)CCC1. The van der Waals surface area contributed by atoms with E-state index in [2.05, 4.69) is 4.72 Å². The Labute approximate surface area is 156 Å². The molecule has 144 valence electrons. The van der Waals surface area contributed by atoms with E-state index in [0.29, 0.717) is 5.57 Å². The Bertz CT molecular complexity index is 798. The van der Waals surface area contributed by atoms with Crippen LogP contribution < -0.4 is 4.72 Å². The highest BCUT2D eigenvalue weighted by atomic mass is 32.2. The second-order valence-electron chi connectivity index (χ2n) is 7.08. The Morgan fingerprint density at radius 1 is 1.23 bits per heavy atom. The minimum Gasteiger partial charge on any atom is -0.478 e. The molecule has 0 radical (unpaired) electrons. The third kappa shape index (κ3) is 7.54. The van der Waals surface area contributed by atoms with Crippen molar-refractivity contribution in [3.63, 3.8) is 0 Å². The van der Waals surface area contributed by atoms with Crippen molar-refractivity contribution in [1.29, 1.82) is 0 Å². The number of hydrogen-bond acceptors (Lipinski definition) is 3. The summed E-state index contributed by atoms with van der Waals surface area (Å²) in [6.45, 7) is 7.63. The maximum absolute atomic E-state index is 11.8. The fourth-order valence-corrected chi connectivity index (χ4v) is 4.18. The quantitative estimate of drug-likeness (QED) is 0.519. The average molecular weight is 380 g/mol. The molecule has 0 aromatic carbocycles. The predicted molar refractivity (Wildman–Crippen MR) is 106 cm³/mol. The molecule has 1 rings (SSSR count). The number of carboxylic acids is 1. The van der Waals surface area contributed by atoms with E-state index in [-0.39, 0.29) is 0 Å². The van der Waals surface area contributed by atoms with Crippen LogP contribution in [-0.2, 0) is 14.8 Å². The van der Waals surface area contributed by atoms with Gasteiger partial charge in [0.2, 0.25) is 10.0 Å². The number of allylic oxidation sites excluding steroid dienone is 7. The molecule has 0 unspecified atom stereocenters. The third-order valence-electron chi connectivity index (χ3n) is 4.28. The first-order chi connectivity index (χ1) is 11.9. The Morgan fingerprint density at radius 2 is 1.88 bits per heavy atom. The van der Waals surface area contributed by atoms with Gasteiger partial charge in [-0.1, -0.05) is 41.5 Å². The smallest absolute Gasteiger partial charge is 0.328 e. The van der Waals surface area contributed by atoms with Crippen molar-refractivity contribution in [3.05, 3.63) is 58.7 Å². The molecule has 0 aromatic rings. The van der Waals surface area contributed by atoms with Crippen LogP contribution in [0.25, 0.3) is 0 Å². The number of aliphatic carboxylic acids is 1. The summed E-state index contributed by atoms with van der Waals surface area (Å²) in [5.74, 6) is -0.967. The first-order valence-electron chi connectivity index (χ1n) is 8.56. The standard InChI is InChI=1S/C20H29NO4S/c1-15(8-6-9-16(2)14-19(22)23)11-12-18-17(3)10-7-13-20(18,4)21-26(5,24)25/h6,8-9,11-12,14,21H,7,10,13H2,1-5H3,(H,22,23)/b9-6+,12-11+,15-8+,16-14+/t20-/m0/s1. The van der Waals surface area contributed by atoms with E-state index in [1.165, 1.54) is 11.8 Å². The highest BCUT2D eigenvalue weighted by Crippen LogP contribution is 2.35. The molecule has 0 aliphatic heterocycles. The molecule has 0 saturated carbocycles. The van der Waals surface area contributed by atoms with Crippen LogP contribution in [0.1, 0.15) is 47.0 Å². The van der Waals surface area contributed by atoms with Crippen molar-refractivity contribution >= 4 is 16.0 Å². The van der Waals surface area contributed by atoms with E-state index >= 15 is 0 Å². The van der Waals surface area contributed by atoms with Gasteiger partial charge in [0.05, 0.1) is 11.8 Å². The van der Waals surface area contributed by atoms with Gasteiger partial charge in [0.15, 0.2) is 0 Å². The fraction of sp³-hybridized carbons (Fsp3) is 0.450. The Balaban J connectivity index is 3.00. The normalized spacial score (nSPS) is 23.3. The van der Waals surface area contributed by atoms with Gasteiger partial charge in [0, 0.05) is 6.08 Å². The molecule has 0 bridgehead atoms. The van der Waals surface area contributed by atoms with Gasteiger partial charge in [-0.25, -0.2) is 17.9 Å². The monoisotopic (exact) mass is 379 g/mol. The molecular formula is C20H29NO4S. The lowest BCUT2D eigenvalue weighted by Gasteiger charge is -2.36. The maximum Gasteiger partial charge on any atom is 0.328 e. The van der Waals surface area contributed by atoms with E-state index in [1.54, 1.807) is 19.1 Å². The summed E-state index contributed by atoms with van der Waals surface area (Å²) in [4.78, 5) is 10.6. The van der Waals surface area contributed by atoms with Crippen LogP contribution in [0.5, 0.6) is 0 Å². The fourth-order valence-electron chi connectivity index (χ4n) is 3.15. The molecule has 0 saturated heterocycles. The summed E-state index contributed by atoms with van der Waals surface area (Å²) in [5.41, 5.74) is 3.24. The molecule has 1 atom stereocenters. The zero-order valence-electron chi connectivity index (χ0n) is 16.2. The number of hydrogen-bond donors (Lipinski definition) is 2. The van der Waals surface area contributed by atoms with Crippen molar-refractivity contribution in [2.45, 2.75) is 52.5 Å². The van der Waals surface area contributed by atoms with Gasteiger partial charge < -0.3 is 5.11 Å². The van der Waals surface area contributed by atoms with Gasteiger partial charge in [-0.2, -0.15) is 0 Å². The molecule has 0 heterocycles. The van der Waals surface area contributed by atoms with Crippen LogP contribution in [0.4, 0.5) is 0 Å². The summed E-state index contributed by atoms with van der Waals surface area (Å²) >= 11 is 0. The third-order valence-corrected chi connectivity index (χ3v) is 5.10. The van der Waals surface area contributed by atoms with Crippen LogP contribution >= 0.6 is 0 Å². The predicted octanol–water partition coefficient (Wildman–Crippen LogP) is 3.88. The van der Waals surface area contributed by atoms with E-state index in [1.807, 2.05) is 39.0 Å². The molecule has 1 aliphatic carbocycles. The molecule has 0 fully saturated rings. The maximum atomic E-state index is 11.8. The number of rotatable bonds is 7. The number of nitrogens with one attached hydrogen (secondary N) is 1. The first-order valence-corrected chi connectivity index (χ1v) is 10.5. The Morgan fingerprint density at radius 3 is 2.46 bits per heavy atom. The van der Waals surface area contributed by atoms with Crippen molar-refractivity contribution < 1.29 is 18.3 Å². The molecule has 5 nitrogen and oxygen atoms in total. The van der Waals surface area contributed by atoms with Crippen LogP contribution in [0, 0.1) is 0 Å². The summed E-state index contributed by atoms with van der Waals surface area (Å²) < 4.78 is 26.3. The van der Waals surface area contributed by atoms with Gasteiger partial charge >= 0.3 is 5.97 Å². The van der Waals surface area contributed by atoms with E-state index < -0.39 is 21.5 Å². The van der Waals surface area contributed by atoms with Crippen molar-refractivity contribution in [1.82, 2.24) is 4.72 Å². The van der Waals surface area contributed by atoms with Crippen LogP contribution in [0.3, 0.4) is 0 Å². The number of carbonyl (C=O) groups is 1. The van der Waals surface area contributed by atoms with Crippen molar-refractivity contribution in [2.75, 3.05) is 6.26 Å². The van der Waals surface area contributed by atoms with Gasteiger partial charge in [0.1, 0.15) is 0 Å². The molecular weight excluding hydrogens is 350 g/mol. The second-order valence-corrected chi connectivity index (χ2v) is 8.83. The molecule has 0 aromatic heterocycles.